The van der Waals surface area contributed by atoms with Gasteiger partial charge in [0.15, 0.2) is 0 Å². The summed E-state index contributed by atoms with van der Waals surface area (Å²) in [6.45, 7) is 2.24. The number of hydrogen-bond acceptors (Lipinski definition) is 2. The molecule has 0 bridgehead atoms. The molecule has 0 aliphatic heterocycles. The maximum atomic E-state index is 5.54. The van der Waals surface area contributed by atoms with Crippen molar-refractivity contribution in [2.45, 2.75) is 45.1 Å². The summed E-state index contributed by atoms with van der Waals surface area (Å²) in [5.41, 5.74) is 4.13. The molecule has 0 heterocycles. The molecule has 3 rings (SSSR count). The Balaban J connectivity index is 1.71. The predicted octanol–water partition coefficient (Wildman–Crippen LogP) is 6.08. The number of ether oxygens (including phenoxy) is 1. The van der Waals surface area contributed by atoms with Crippen LogP contribution in [0.2, 0.25) is 0 Å². The van der Waals surface area contributed by atoms with Crippen LogP contribution in [-0.4, -0.2) is 14.2 Å². The van der Waals surface area contributed by atoms with Crippen LogP contribution in [0, 0.1) is 0 Å². The van der Waals surface area contributed by atoms with E-state index in [0.29, 0.717) is 6.04 Å². The molecular weight excluding hydrogens is 330 g/mol. The second-order valence-corrected chi connectivity index (χ2v) is 7.20. The minimum absolute atomic E-state index is 0.312. The monoisotopic (exact) mass is 361 g/mol. The number of aryl methyl sites for hydroxylation is 2. The first kappa shape index (κ1) is 19.4. The van der Waals surface area contributed by atoms with Crippen LogP contribution in [0.5, 0.6) is 5.75 Å². The predicted molar refractivity (Wildman–Crippen MR) is 116 cm³/mol. The molecule has 2 nitrogen and oxygen atoms in total. The smallest absolute Gasteiger partial charge is 0.123 e. The molecular formula is C25H31NO. The SMILES string of the molecule is CCCc1ccc2c(CCCC(NC)c3ccccc3OC)cccc2c1. The van der Waals surface area contributed by atoms with E-state index in [1.54, 1.807) is 7.11 Å². The average Bonchev–Trinajstić information content (AvgIpc) is 2.71. The summed E-state index contributed by atoms with van der Waals surface area (Å²) in [4.78, 5) is 0. The van der Waals surface area contributed by atoms with Crippen molar-refractivity contribution in [1.82, 2.24) is 5.32 Å². The number of fused-ring (bicyclic) bond motifs is 1. The van der Waals surface area contributed by atoms with Crippen LogP contribution in [0.1, 0.15) is 48.9 Å². The van der Waals surface area contributed by atoms with Crippen LogP contribution >= 0.6 is 0 Å². The van der Waals surface area contributed by atoms with E-state index in [1.165, 1.54) is 33.9 Å². The van der Waals surface area contributed by atoms with Crippen LogP contribution in [0.25, 0.3) is 10.8 Å². The van der Waals surface area contributed by atoms with Crippen molar-refractivity contribution in [2.24, 2.45) is 0 Å². The Kier molecular flexibility index (Phi) is 6.89. The van der Waals surface area contributed by atoms with Crippen LogP contribution in [-0.2, 0) is 12.8 Å². The fourth-order valence-electron chi connectivity index (χ4n) is 3.97. The van der Waals surface area contributed by atoms with Gasteiger partial charge < -0.3 is 10.1 Å². The third-order valence-corrected chi connectivity index (χ3v) is 5.38. The van der Waals surface area contributed by atoms with Crippen LogP contribution in [0.4, 0.5) is 0 Å². The van der Waals surface area contributed by atoms with Gasteiger partial charge in [0.1, 0.15) is 5.75 Å². The van der Waals surface area contributed by atoms with Gasteiger partial charge in [0, 0.05) is 11.6 Å². The minimum Gasteiger partial charge on any atom is -0.496 e. The molecule has 0 radical (unpaired) electrons. The van der Waals surface area contributed by atoms with Gasteiger partial charge in [-0.25, -0.2) is 0 Å². The molecule has 1 N–H and O–H groups in total. The zero-order valence-corrected chi connectivity index (χ0v) is 16.8. The standard InChI is InChI=1S/C25H31NO/c1-4-9-19-16-17-22-20(10-7-12-21(22)18-19)11-8-14-24(26-2)23-13-5-6-15-25(23)27-3/h5-7,10,12-13,15-18,24,26H,4,8-9,11,14H2,1-3H3. The third kappa shape index (κ3) is 4.70. The van der Waals surface area contributed by atoms with Crippen molar-refractivity contribution < 1.29 is 4.74 Å². The van der Waals surface area contributed by atoms with Gasteiger partial charge in [0.2, 0.25) is 0 Å². The number of methoxy groups -OCH3 is 1. The lowest BCUT2D eigenvalue weighted by Gasteiger charge is -2.19. The summed E-state index contributed by atoms with van der Waals surface area (Å²) in [6, 6.07) is 22.3. The lowest BCUT2D eigenvalue weighted by molar-refractivity contribution is 0.397. The lowest BCUT2D eigenvalue weighted by Crippen LogP contribution is -2.17. The minimum atomic E-state index is 0.312. The van der Waals surface area contributed by atoms with E-state index in [0.717, 1.165) is 31.4 Å². The zero-order chi connectivity index (χ0) is 19.1. The van der Waals surface area contributed by atoms with E-state index < -0.39 is 0 Å². The summed E-state index contributed by atoms with van der Waals surface area (Å²) in [7, 11) is 3.78. The quantitative estimate of drug-likeness (QED) is 0.498. The molecule has 0 saturated carbocycles. The van der Waals surface area contributed by atoms with E-state index in [9.17, 15) is 0 Å². The van der Waals surface area contributed by atoms with E-state index in [4.69, 9.17) is 4.74 Å². The number of hydrogen-bond donors (Lipinski definition) is 1. The van der Waals surface area contributed by atoms with Gasteiger partial charge >= 0.3 is 0 Å². The molecule has 0 saturated heterocycles. The second-order valence-electron chi connectivity index (χ2n) is 7.20. The Morgan fingerprint density at radius 3 is 2.59 bits per heavy atom. The van der Waals surface area contributed by atoms with Gasteiger partial charge in [-0.3, -0.25) is 0 Å². The summed E-state index contributed by atoms with van der Waals surface area (Å²) < 4.78 is 5.54. The molecule has 1 atom stereocenters. The van der Waals surface area contributed by atoms with E-state index in [-0.39, 0.29) is 0 Å². The van der Waals surface area contributed by atoms with Gasteiger partial charge in [-0.1, -0.05) is 67.9 Å². The van der Waals surface area contributed by atoms with Gasteiger partial charge in [0.25, 0.3) is 0 Å². The molecule has 0 aromatic heterocycles. The summed E-state index contributed by atoms with van der Waals surface area (Å²) >= 11 is 0. The van der Waals surface area contributed by atoms with Gasteiger partial charge in [0.05, 0.1) is 7.11 Å². The molecule has 2 heteroatoms. The molecule has 1 unspecified atom stereocenters. The molecule has 3 aromatic carbocycles. The highest BCUT2D eigenvalue weighted by molar-refractivity contribution is 5.86. The summed E-state index contributed by atoms with van der Waals surface area (Å²) in [6.07, 6.45) is 5.67. The Morgan fingerprint density at radius 2 is 1.81 bits per heavy atom. The topological polar surface area (TPSA) is 21.3 Å². The van der Waals surface area contributed by atoms with Gasteiger partial charge in [-0.15, -0.1) is 0 Å². The molecule has 3 aromatic rings. The number of para-hydroxylation sites is 1. The van der Waals surface area contributed by atoms with E-state index in [1.807, 2.05) is 19.2 Å². The molecule has 0 spiro atoms. The average molecular weight is 362 g/mol. The highest BCUT2D eigenvalue weighted by atomic mass is 16.5. The molecule has 27 heavy (non-hydrogen) atoms. The Labute approximate surface area is 163 Å². The molecule has 0 amide bonds. The Bertz CT molecular complexity index is 871. The molecule has 0 aliphatic rings. The van der Waals surface area contributed by atoms with Crippen molar-refractivity contribution in [2.75, 3.05) is 14.2 Å². The van der Waals surface area contributed by atoms with Crippen molar-refractivity contribution in [1.29, 1.82) is 0 Å². The van der Waals surface area contributed by atoms with Gasteiger partial charge in [-0.2, -0.15) is 0 Å². The molecule has 0 fully saturated rings. The van der Waals surface area contributed by atoms with Crippen LogP contribution < -0.4 is 10.1 Å². The highest BCUT2D eigenvalue weighted by Gasteiger charge is 2.14. The van der Waals surface area contributed by atoms with Crippen molar-refractivity contribution >= 4 is 10.8 Å². The number of benzene rings is 3. The third-order valence-electron chi connectivity index (χ3n) is 5.38. The maximum Gasteiger partial charge on any atom is 0.123 e. The first-order valence-corrected chi connectivity index (χ1v) is 10.1. The lowest BCUT2D eigenvalue weighted by atomic mass is 9.95. The van der Waals surface area contributed by atoms with Crippen molar-refractivity contribution in [3.63, 3.8) is 0 Å². The van der Waals surface area contributed by atoms with Crippen LogP contribution in [0.15, 0.2) is 60.7 Å². The number of nitrogens with one attached hydrogen (secondary N) is 1. The Hall–Kier alpha value is -2.32. The maximum absolute atomic E-state index is 5.54. The Morgan fingerprint density at radius 1 is 0.963 bits per heavy atom. The van der Waals surface area contributed by atoms with Crippen molar-refractivity contribution in [3.8, 4) is 5.75 Å². The van der Waals surface area contributed by atoms with Crippen molar-refractivity contribution in [3.05, 3.63) is 77.4 Å². The molecule has 0 aliphatic carbocycles. The second kappa shape index (κ2) is 9.57. The van der Waals surface area contributed by atoms with E-state index in [2.05, 4.69) is 60.8 Å². The normalized spacial score (nSPS) is 12.3. The highest BCUT2D eigenvalue weighted by Crippen LogP contribution is 2.29. The van der Waals surface area contributed by atoms with Crippen LogP contribution in [0.3, 0.4) is 0 Å². The largest absolute Gasteiger partial charge is 0.496 e. The zero-order valence-electron chi connectivity index (χ0n) is 16.8. The first-order valence-electron chi connectivity index (χ1n) is 10.1. The summed E-state index contributed by atoms with van der Waals surface area (Å²) in [5, 5.41) is 6.23. The fourth-order valence-corrected chi connectivity index (χ4v) is 3.97. The summed E-state index contributed by atoms with van der Waals surface area (Å²) in [5.74, 6) is 0.963. The fraction of sp³-hybridized carbons (Fsp3) is 0.360. The van der Waals surface area contributed by atoms with E-state index >= 15 is 0 Å². The number of rotatable bonds is 9. The molecule has 142 valence electrons. The van der Waals surface area contributed by atoms with Gasteiger partial charge in [-0.05, 0) is 60.7 Å². The first-order chi connectivity index (χ1) is 13.3.